The van der Waals surface area contributed by atoms with E-state index in [4.69, 9.17) is 16.1 Å². The van der Waals surface area contributed by atoms with Crippen LogP contribution in [0.15, 0.2) is 28.8 Å². The molecule has 0 fully saturated rings. The van der Waals surface area contributed by atoms with Gasteiger partial charge in [0.25, 0.3) is 5.89 Å². The van der Waals surface area contributed by atoms with Gasteiger partial charge in [0.2, 0.25) is 0 Å². The highest BCUT2D eigenvalue weighted by atomic mass is 35.5. The lowest BCUT2D eigenvalue weighted by molar-refractivity contribution is 0.422. The van der Waals surface area contributed by atoms with Crippen molar-refractivity contribution in [3.8, 4) is 11.5 Å². The number of alkyl halides is 1. The van der Waals surface area contributed by atoms with Gasteiger partial charge in [-0.1, -0.05) is 5.16 Å². The minimum atomic E-state index is -0.303. The molecule has 15 heavy (non-hydrogen) atoms. The smallest absolute Gasteiger partial charge is 0.257 e. The molecular formula is C10H8ClFN2O. The second kappa shape index (κ2) is 3.98. The minimum Gasteiger partial charge on any atom is -0.334 e. The van der Waals surface area contributed by atoms with Gasteiger partial charge in [0, 0.05) is 5.56 Å². The Kier molecular flexibility index (Phi) is 2.68. The van der Waals surface area contributed by atoms with Crippen LogP contribution >= 0.6 is 11.6 Å². The van der Waals surface area contributed by atoms with E-state index in [0.29, 0.717) is 17.3 Å². The SMILES string of the molecule is CC(Cl)c1noc(-c2ccc(F)cc2)n1. The molecule has 1 atom stereocenters. The van der Waals surface area contributed by atoms with Crippen molar-refractivity contribution >= 4 is 11.6 Å². The van der Waals surface area contributed by atoms with Crippen LogP contribution in [0, 0.1) is 5.82 Å². The Hall–Kier alpha value is -1.42. The minimum absolute atomic E-state index is 0.302. The zero-order valence-corrected chi connectivity index (χ0v) is 8.70. The highest BCUT2D eigenvalue weighted by Gasteiger charge is 2.12. The third-order valence-electron chi connectivity index (χ3n) is 1.89. The van der Waals surface area contributed by atoms with Crippen LogP contribution in [0.4, 0.5) is 4.39 Å². The standard InChI is InChI=1S/C10H8ClFN2O/c1-6(11)9-13-10(15-14-9)7-2-4-8(12)5-3-7/h2-6H,1H3. The van der Waals surface area contributed by atoms with E-state index in [1.54, 1.807) is 19.1 Å². The van der Waals surface area contributed by atoms with Crippen molar-refractivity contribution in [3.05, 3.63) is 35.9 Å². The Morgan fingerprint density at radius 3 is 2.53 bits per heavy atom. The van der Waals surface area contributed by atoms with Crippen LogP contribution in [-0.2, 0) is 0 Å². The fourth-order valence-electron chi connectivity index (χ4n) is 1.11. The molecule has 0 aliphatic rings. The van der Waals surface area contributed by atoms with E-state index < -0.39 is 0 Å². The van der Waals surface area contributed by atoms with E-state index in [0.717, 1.165) is 0 Å². The van der Waals surface area contributed by atoms with Gasteiger partial charge in [-0.05, 0) is 31.2 Å². The molecular weight excluding hydrogens is 219 g/mol. The predicted octanol–water partition coefficient (Wildman–Crippen LogP) is 3.18. The van der Waals surface area contributed by atoms with Crippen molar-refractivity contribution in [2.24, 2.45) is 0 Å². The fraction of sp³-hybridized carbons (Fsp3) is 0.200. The first-order valence-corrected chi connectivity index (χ1v) is 4.84. The molecule has 1 aromatic heterocycles. The van der Waals surface area contributed by atoms with Gasteiger partial charge >= 0.3 is 0 Å². The average molecular weight is 227 g/mol. The Labute approximate surface area is 90.9 Å². The average Bonchev–Trinajstić information content (AvgIpc) is 2.68. The molecule has 2 rings (SSSR count). The molecule has 0 spiro atoms. The van der Waals surface area contributed by atoms with E-state index >= 15 is 0 Å². The molecule has 1 unspecified atom stereocenters. The van der Waals surface area contributed by atoms with Gasteiger partial charge in [0.05, 0.1) is 5.38 Å². The van der Waals surface area contributed by atoms with E-state index in [2.05, 4.69) is 10.1 Å². The van der Waals surface area contributed by atoms with Gasteiger partial charge in [0.15, 0.2) is 5.82 Å². The molecule has 2 aromatic rings. The van der Waals surface area contributed by atoms with Crippen LogP contribution in [0.2, 0.25) is 0 Å². The quantitative estimate of drug-likeness (QED) is 0.739. The highest BCUT2D eigenvalue weighted by molar-refractivity contribution is 6.20. The molecule has 0 saturated heterocycles. The van der Waals surface area contributed by atoms with Gasteiger partial charge in [-0.25, -0.2) is 4.39 Å². The van der Waals surface area contributed by atoms with Crippen molar-refractivity contribution in [1.29, 1.82) is 0 Å². The van der Waals surface area contributed by atoms with Crippen LogP contribution in [0.5, 0.6) is 0 Å². The van der Waals surface area contributed by atoms with Gasteiger partial charge in [-0.15, -0.1) is 11.6 Å². The van der Waals surface area contributed by atoms with Crippen molar-refractivity contribution in [3.63, 3.8) is 0 Å². The van der Waals surface area contributed by atoms with E-state index in [1.165, 1.54) is 12.1 Å². The number of nitrogens with zero attached hydrogens (tertiary/aromatic N) is 2. The zero-order chi connectivity index (χ0) is 10.8. The first kappa shape index (κ1) is 10.1. The summed E-state index contributed by atoms with van der Waals surface area (Å²) in [6, 6.07) is 5.82. The van der Waals surface area contributed by atoms with Gasteiger partial charge in [0.1, 0.15) is 5.82 Å². The molecule has 0 amide bonds. The molecule has 78 valence electrons. The third-order valence-corrected chi connectivity index (χ3v) is 2.08. The Balaban J connectivity index is 2.33. The summed E-state index contributed by atoms with van der Waals surface area (Å²) in [5, 5.41) is 3.40. The lowest BCUT2D eigenvalue weighted by atomic mass is 10.2. The lowest BCUT2D eigenvalue weighted by Gasteiger charge is -1.93. The maximum atomic E-state index is 12.6. The molecule has 0 aliphatic heterocycles. The van der Waals surface area contributed by atoms with Crippen molar-refractivity contribution in [2.75, 3.05) is 0 Å². The maximum absolute atomic E-state index is 12.6. The number of hydrogen-bond acceptors (Lipinski definition) is 3. The maximum Gasteiger partial charge on any atom is 0.257 e. The summed E-state index contributed by atoms with van der Waals surface area (Å²) in [5.41, 5.74) is 0.674. The molecule has 0 N–H and O–H groups in total. The Bertz CT molecular complexity index is 453. The molecule has 3 nitrogen and oxygen atoms in total. The first-order chi connectivity index (χ1) is 7.16. The summed E-state index contributed by atoms with van der Waals surface area (Å²) in [4.78, 5) is 4.08. The summed E-state index contributed by atoms with van der Waals surface area (Å²) < 4.78 is 17.6. The monoisotopic (exact) mass is 226 g/mol. The normalized spacial score (nSPS) is 12.7. The predicted molar refractivity (Wildman–Crippen MR) is 54.0 cm³/mol. The van der Waals surface area contributed by atoms with Crippen molar-refractivity contribution in [2.45, 2.75) is 12.3 Å². The second-order valence-corrected chi connectivity index (χ2v) is 3.74. The van der Waals surface area contributed by atoms with Crippen molar-refractivity contribution < 1.29 is 8.91 Å². The summed E-state index contributed by atoms with van der Waals surface area (Å²) in [5.74, 6) is 0.470. The fourth-order valence-corrected chi connectivity index (χ4v) is 1.19. The topological polar surface area (TPSA) is 38.9 Å². The molecule has 0 radical (unpaired) electrons. The van der Waals surface area contributed by atoms with Crippen LogP contribution in [0.3, 0.4) is 0 Å². The molecule has 0 saturated carbocycles. The van der Waals surface area contributed by atoms with Crippen LogP contribution in [-0.4, -0.2) is 10.1 Å². The van der Waals surface area contributed by atoms with E-state index in [9.17, 15) is 4.39 Å². The highest BCUT2D eigenvalue weighted by Crippen LogP contribution is 2.21. The van der Waals surface area contributed by atoms with Gasteiger partial charge in [-0.2, -0.15) is 4.98 Å². The van der Waals surface area contributed by atoms with Crippen molar-refractivity contribution in [1.82, 2.24) is 10.1 Å². The Morgan fingerprint density at radius 1 is 1.33 bits per heavy atom. The van der Waals surface area contributed by atoms with Gasteiger partial charge < -0.3 is 4.52 Å². The third kappa shape index (κ3) is 2.15. The van der Waals surface area contributed by atoms with Gasteiger partial charge in [-0.3, -0.25) is 0 Å². The first-order valence-electron chi connectivity index (χ1n) is 4.40. The molecule has 0 bridgehead atoms. The Morgan fingerprint density at radius 2 is 2.00 bits per heavy atom. The largest absolute Gasteiger partial charge is 0.334 e. The summed E-state index contributed by atoms with van der Waals surface area (Å²) in [6.45, 7) is 1.75. The van der Waals surface area contributed by atoms with Crippen LogP contribution < -0.4 is 0 Å². The van der Waals surface area contributed by atoms with Crippen LogP contribution in [0.1, 0.15) is 18.1 Å². The zero-order valence-electron chi connectivity index (χ0n) is 7.95. The molecule has 5 heteroatoms. The summed E-state index contributed by atoms with van der Waals surface area (Å²) in [7, 11) is 0. The number of aromatic nitrogens is 2. The molecule has 0 aliphatic carbocycles. The molecule has 1 aromatic carbocycles. The second-order valence-electron chi connectivity index (χ2n) is 3.08. The number of halogens is 2. The number of rotatable bonds is 2. The lowest BCUT2D eigenvalue weighted by Crippen LogP contribution is -1.86. The summed E-state index contributed by atoms with van der Waals surface area (Å²) in [6.07, 6.45) is 0. The van der Waals surface area contributed by atoms with E-state index in [1.807, 2.05) is 0 Å². The van der Waals surface area contributed by atoms with E-state index in [-0.39, 0.29) is 11.2 Å². The molecule has 1 heterocycles. The van der Waals surface area contributed by atoms with Crippen LogP contribution in [0.25, 0.3) is 11.5 Å². The number of hydrogen-bond donors (Lipinski definition) is 0. The number of benzene rings is 1. The summed E-state index contributed by atoms with van der Waals surface area (Å²) >= 11 is 5.78.